The summed E-state index contributed by atoms with van der Waals surface area (Å²) >= 11 is 0. The topological polar surface area (TPSA) is 88.1 Å². The quantitative estimate of drug-likeness (QED) is 0.733. The van der Waals surface area contributed by atoms with Crippen molar-refractivity contribution in [3.05, 3.63) is 0 Å². The number of morpholine rings is 1. The first-order valence-electron chi connectivity index (χ1n) is 6.92. The highest BCUT2D eigenvalue weighted by atomic mass is 16.5. The van der Waals surface area contributed by atoms with Gasteiger partial charge in [-0.1, -0.05) is 0 Å². The molecule has 0 radical (unpaired) electrons. The van der Waals surface area contributed by atoms with E-state index in [0.29, 0.717) is 26.3 Å². The maximum atomic E-state index is 12.1. The maximum absolute atomic E-state index is 12.1. The molecule has 0 bridgehead atoms. The van der Waals surface area contributed by atoms with E-state index in [0.717, 1.165) is 19.3 Å². The Morgan fingerprint density at radius 2 is 2.25 bits per heavy atom. The van der Waals surface area contributed by atoms with Gasteiger partial charge in [0.2, 0.25) is 0 Å². The number of nitrogens with zero attached hydrogens (tertiary/aromatic N) is 1. The minimum absolute atomic E-state index is 0.0531. The number of carboxylic acid groups (broad SMARTS) is 1. The van der Waals surface area contributed by atoms with Crippen molar-refractivity contribution in [1.82, 2.24) is 10.2 Å². The number of rotatable bonds is 6. The van der Waals surface area contributed by atoms with Crippen molar-refractivity contribution in [2.45, 2.75) is 25.3 Å². The van der Waals surface area contributed by atoms with Crippen molar-refractivity contribution in [2.75, 3.05) is 40.0 Å². The van der Waals surface area contributed by atoms with Gasteiger partial charge in [0.15, 0.2) is 6.04 Å². The third-order valence-corrected chi connectivity index (χ3v) is 4.08. The van der Waals surface area contributed by atoms with E-state index in [9.17, 15) is 9.59 Å². The average molecular weight is 286 g/mol. The molecular formula is C13H22N2O5. The van der Waals surface area contributed by atoms with Crippen LogP contribution in [0.3, 0.4) is 0 Å². The van der Waals surface area contributed by atoms with E-state index < -0.39 is 12.0 Å². The monoisotopic (exact) mass is 286 g/mol. The van der Waals surface area contributed by atoms with E-state index in [-0.39, 0.29) is 18.1 Å². The molecule has 1 aliphatic carbocycles. The summed E-state index contributed by atoms with van der Waals surface area (Å²) in [6.45, 7) is 2.02. The first kappa shape index (κ1) is 15.1. The largest absolute Gasteiger partial charge is 0.480 e. The fraction of sp³-hybridized carbons (Fsp3) is 0.846. The Kier molecular flexibility index (Phi) is 4.82. The zero-order valence-corrected chi connectivity index (χ0v) is 11.8. The first-order valence-corrected chi connectivity index (χ1v) is 6.92. The number of methoxy groups -OCH3 is 1. The van der Waals surface area contributed by atoms with Crippen molar-refractivity contribution >= 4 is 12.0 Å². The minimum atomic E-state index is -1.03. The van der Waals surface area contributed by atoms with Crippen molar-refractivity contribution < 1.29 is 24.2 Å². The zero-order chi connectivity index (χ0) is 14.6. The molecule has 2 fully saturated rings. The van der Waals surface area contributed by atoms with Gasteiger partial charge in [0.1, 0.15) is 0 Å². The molecule has 2 rings (SSSR count). The summed E-state index contributed by atoms with van der Waals surface area (Å²) in [5.74, 6) is -1.03. The van der Waals surface area contributed by atoms with Gasteiger partial charge >= 0.3 is 12.0 Å². The van der Waals surface area contributed by atoms with E-state index in [1.807, 2.05) is 0 Å². The third kappa shape index (κ3) is 3.61. The number of amides is 2. The third-order valence-electron chi connectivity index (χ3n) is 4.08. The molecule has 20 heavy (non-hydrogen) atoms. The molecule has 7 nitrogen and oxygen atoms in total. The van der Waals surface area contributed by atoms with Crippen molar-refractivity contribution in [1.29, 1.82) is 0 Å². The van der Waals surface area contributed by atoms with Gasteiger partial charge in [-0.05, 0) is 24.7 Å². The highest BCUT2D eigenvalue weighted by Crippen LogP contribution is 2.48. The van der Waals surface area contributed by atoms with Crippen LogP contribution in [0.4, 0.5) is 4.79 Å². The summed E-state index contributed by atoms with van der Waals surface area (Å²) in [6, 6.07) is -1.21. The first-order chi connectivity index (χ1) is 9.58. The summed E-state index contributed by atoms with van der Waals surface area (Å²) in [7, 11) is 1.67. The van der Waals surface area contributed by atoms with E-state index in [1.165, 1.54) is 4.90 Å². The number of nitrogens with one attached hydrogen (secondary N) is 1. The lowest BCUT2D eigenvalue weighted by Crippen LogP contribution is -2.56. The number of carbonyl (C=O) groups is 2. The SMILES string of the molecule is COCCC1(CNC(=O)N2CCOCC2C(=O)O)CC1. The Morgan fingerprint density at radius 1 is 1.50 bits per heavy atom. The molecule has 2 N–H and O–H groups in total. The highest BCUT2D eigenvalue weighted by Gasteiger charge is 2.43. The molecular weight excluding hydrogens is 264 g/mol. The van der Waals surface area contributed by atoms with Gasteiger partial charge in [-0.25, -0.2) is 9.59 Å². The van der Waals surface area contributed by atoms with Crippen LogP contribution in [0.1, 0.15) is 19.3 Å². The van der Waals surface area contributed by atoms with Gasteiger partial charge in [0, 0.05) is 26.8 Å². The zero-order valence-electron chi connectivity index (χ0n) is 11.8. The Labute approximate surface area is 118 Å². The number of hydrogen-bond donors (Lipinski definition) is 2. The van der Waals surface area contributed by atoms with Gasteiger partial charge in [0.25, 0.3) is 0 Å². The molecule has 2 aliphatic rings. The lowest BCUT2D eigenvalue weighted by atomic mass is 10.0. The average Bonchev–Trinajstić information content (AvgIpc) is 3.23. The van der Waals surface area contributed by atoms with Crippen LogP contribution in [-0.4, -0.2) is 68.1 Å². The Hall–Kier alpha value is -1.34. The molecule has 7 heteroatoms. The Morgan fingerprint density at radius 3 is 2.85 bits per heavy atom. The van der Waals surface area contributed by atoms with Gasteiger partial charge in [-0.3, -0.25) is 0 Å². The fourth-order valence-corrected chi connectivity index (χ4v) is 2.43. The molecule has 0 aromatic heterocycles. The molecule has 2 amide bonds. The predicted molar refractivity (Wildman–Crippen MR) is 70.5 cm³/mol. The van der Waals surface area contributed by atoms with Crippen LogP contribution in [0.5, 0.6) is 0 Å². The van der Waals surface area contributed by atoms with Gasteiger partial charge in [-0.2, -0.15) is 0 Å². The molecule has 0 aromatic rings. The molecule has 1 saturated carbocycles. The van der Waals surface area contributed by atoms with Gasteiger partial charge in [-0.15, -0.1) is 0 Å². The summed E-state index contributed by atoms with van der Waals surface area (Å²) < 4.78 is 10.2. The second-order valence-corrected chi connectivity index (χ2v) is 5.52. The molecule has 1 aliphatic heterocycles. The van der Waals surface area contributed by atoms with Crippen LogP contribution < -0.4 is 5.32 Å². The van der Waals surface area contributed by atoms with E-state index in [4.69, 9.17) is 14.6 Å². The minimum Gasteiger partial charge on any atom is -0.480 e. The Bertz CT molecular complexity index is 370. The van der Waals surface area contributed by atoms with Crippen LogP contribution in [0.15, 0.2) is 0 Å². The van der Waals surface area contributed by atoms with E-state index >= 15 is 0 Å². The van der Waals surface area contributed by atoms with Crippen LogP contribution in [-0.2, 0) is 14.3 Å². The smallest absolute Gasteiger partial charge is 0.328 e. The maximum Gasteiger partial charge on any atom is 0.328 e. The number of aliphatic carboxylic acids is 1. The number of hydrogen-bond acceptors (Lipinski definition) is 4. The second kappa shape index (κ2) is 6.41. The standard InChI is InChI=1S/C13H22N2O5/c1-19-6-4-13(2-3-13)9-14-12(18)15-5-7-20-8-10(15)11(16)17/h10H,2-9H2,1H3,(H,14,18)(H,16,17). The van der Waals surface area contributed by atoms with Gasteiger partial charge < -0.3 is 24.8 Å². The van der Waals surface area contributed by atoms with E-state index in [1.54, 1.807) is 7.11 Å². The van der Waals surface area contributed by atoms with Gasteiger partial charge in [0.05, 0.1) is 13.2 Å². The van der Waals surface area contributed by atoms with Crippen LogP contribution in [0, 0.1) is 5.41 Å². The number of ether oxygens (including phenoxy) is 2. The highest BCUT2D eigenvalue weighted by molar-refractivity contribution is 5.83. The molecule has 114 valence electrons. The van der Waals surface area contributed by atoms with Crippen LogP contribution in [0.2, 0.25) is 0 Å². The number of carboxylic acids is 1. The molecule has 1 atom stereocenters. The number of urea groups is 1. The van der Waals surface area contributed by atoms with Crippen LogP contribution >= 0.6 is 0 Å². The normalized spacial score (nSPS) is 24.2. The molecule has 1 saturated heterocycles. The van der Waals surface area contributed by atoms with Crippen LogP contribution in [0.25, 0.3) is 0 Å². The fourth-order valence-electron chi connectivity index (χ4n) is 2.43. The summed E-state index contributed by atoms with van der Waals surface area (Å²) in [5, 5.41) is 12.0. The Balaban J connectivity index is 1.83. The second-order valence-electron chi connectivity index (χ2n) is 5.52. The summed E-state index contributed by atoms with van der Waals surface area (Å²) in [4.78, 5) is 24.6. The predicted octanol–water partition coefficient (Wildman–Crippen LogP) is 0.298. The summed E-state index contributed by atoms with van der Waals surface area (Å²) in [6.07, 6.45) is 3.10. The molecule has 0 aromatic carbocycles. The lowest BCUT2D eigenvalue weighted by Gasteiger charge is -2.33. The number of carbonyl (C=O) groups excluding carboxylic acids is 1. The van der Waals surface area contributed by atoms with E-state index in [2.05, 4.69) is 5.32 Å². The molecule has 1 unspecified atom stereocenters. The van der Waals surface area contributed by atoms with Crippen molar-refractivity contribution in [3.63, 3.8) is 0 Å². The lowest BCUT2D eigenvalue weighted by molar-refractivity contribution is -0.147. The molecule has 0 spiro atoms. The van der Waals surface area contributed by atoms with Crippen molar-refractivity contribution in [2.24, 2.45) is 5.41 Å². The molecule has 1 heterocycles. The summed E-state index contributed by atoms with van der Waals surface area (Å²) in [5.41, 5.74) is 0.149. The van der Waals surface area contributed by atoms with Crippen molar-refractivity contribution in [3.8, 4) is 0 Å².